The fourth-order valence-corrected chi connectivity index (χ4v) is 1.67. The lowest BCUT2D eigenvalue weighted by Crippen LogP contribution is -2.16. The number of benzene rings is 1. The number of ether oxygens (including phenoxy) is 1. The summed E-state index contributed by atoms with van der Waals surface area (Å²) in [7, 11) is 0.398. The average molecular weight is 245 g/mol. The fraction of sp³-hybridized carbons (Fsp3) is 0.357. The molecule has 0 spiro atoms. The van der Waals surface area contributed by atoms with Gasteiger partial charge in [-0.15, -0.1) is 5.54 Å². The summed E-state index contributed by atoms with van der Waals surface area (Å²) < 4.78 is 5.09. The largest absolute Gasteiger partial charge is 0.497 e. The summed E-state index contributed by atoms with van der Waals surface area (Å²) in [4.78, 5) is 4.28. The van der Waals surface area contributed by atoms with E-state index in [2.05, 4.69) is 36.1 Å². The molecule has 1 aromatic carbocycles. The van der Waals surface area contributed by atoms with Crippen LogP contribution in [0, 0.1) is 11.5 Å². The number of methoxy groups -OCH3 is 1. The molecule has 0 saturated carbocycles. The highest BCUT2D eigenvalue weighted by Gasteiger charge is 2.06. The van der Waals surface area contributed by atoms with Crippen molar-refractivity contribution in [3.8, 4) is 17.2 Å². The highest BCUT2D eigenvalue weighted by molar-refractivity contribution is 6.84. The van der Waals surface area contributed by atoms with Crippen LogP contribution in [0.4, 0.5) is 0 Å². The molecular formula is C14H19NOSi. The first-order chi connectivity index (χ1) is 8.01. The highest BCUT2D eigenvalue weighted by Crippen LogP contribution is 2.11. The van der Waals surface area contributed by atoms with Gasteiger partial charge in [-0.05, 0) is 17.7 Å². The molecule has 1 aromatic rings. The zero-order chi connectivity index (χ0) is 12.7. The summed E-state index contributed by atoms with van der Waals surface area (Å²) in [6, 6.07) is 7.92. The van der Waals surface area contributed by atoms with Gasteiger partial charge in [-0.3, -0.25) is 4.99 Å². The second-order valence-corrected chi connectivity index (χ2v) is 9.59. The molecule has 3 heteroatoms. The van der Waals surface area contributed by atoms with Gasteiger partial charge in [-0.2, -0.15) is 0 Å². The molecule has 2 nitrogen and oxygen atoms in total. The first-order valence-corrected chi connectivity index (χ1v) is 9.15. The fourth-order valence-electron chi connectivity index (χ4n) is 1.18. The van der Waals surface area contributed by atoms with Crippen LogP contribution >= 0.6 is 0 Å². The van der Waals surface area contributed by atoms with Gasteiger partial charge in [0.25, 0.3) is 0 Å². The van der Waals surface area contributed by atoms with Gasteiger partial charge in [0.1, 0.15) is 13.8 Å². The molecule has 0 heterocycles. The van der Waals surface area contributed by atoms with Crippen molar-refractivity contribution in [3.05, 3.63) is 29.8 Å². The molecule has 0 atom stereocenters. The maximum atomic E-state index is 5.09. The van der Waals surface area contributed by atoms with Crippen molar-refractivity contribution < 1.29 is 4.74 Å². The van der Waals surface area contributed by atoms with Crippen molar-refractivity contribution in [1.82, 2.24) is 0 Å². The lowest BCUT2D eigenvalue weighted by molar-refractivity contribution is 0.414. The van der Waals surface area contributed by atoms with Gasteiger partial charge in [-0.25, -0.2) is 0 Å². The van der Waals surface area contributed by atoms with Gasteiger partial charge < -0.3 is 4.74 Å². The molecule has 0 aromatic heterocycles. The van der Waals surface area contributed by atoms with Crippen molar-refractivity contribution in [1.29, 1.82) is 0 Å². The minimum absolute atomic E-state index is 0.671. The van der Waals surface area contributed by atoms with E-state index in [9.17, 15) is 0 Å². The zero-order valence-electron chi connectivity index (χ0n) is 10.9. The molecule has 0 aliphatic carbocycles. The van der Waals surface area contributed by atoms with Crippen LogP contribution in [0.3, 0.4) is 0 Å². The summed E-state index contributed by atoms with van der Waals surface area (Å²) in [6.07, 6.45) is 1.71. The SMILES string of the molecule is COc1ccc(CN=CC#C[Si](C)(C)C)cc1. The third kappa shape index (κ3) is 5.93. The van der Waals surface area contributed by atoms with Crippen LogP contribution in [0.2, 0.25) is 19.6 Å². The number of aliphatic imine (C=N–C) groups is 1. The van der Waals surface area contributed by atoms with Crippen molar-refractivity contribution in [2.75, 3.05) is 7.11 Å². The van der Waals surface area contributed by atoms with Crippen LogP contribution in [0.1, 0.15) is 5.56 Å². The Morgan fingerprint density at radius 2 is 1.88 bits per heavy atom. The molecular weight excluding hydrogens is 226 g/mol. The first kappa shape index (κ1) is 13.5. The van der Waals surface area contributed by atoms with Crippen LogP contribution in [0.15, 0.2) is 29.3 Å². The number of nitrogens with zero attached hydrogens (tertiary/aromatic N) is 1. The average Bonchev–Trinajstić information content (AvgIpc) is 2.28. The van der Waals surface area contributed by atoms with Gasteiger partial charge >= 0.3 is 0 Å². The molecule has 0 bridgehead atoms. The van der Waals surface area contributed by atoms with Crippen molar-refractivity contribution in [2.24, 2.45) is 4.99 Å². The van der Waals surface area contributed by atoms with E-state index in [1.807, 2.05) is 24.3 Å². The molecule has 17 heavy (non-hydrogen) atoms. The van der Waals surface area contributed by atoms with Gasteiger partial charge in [0, 0.05) is 0 Å². The lowest BCUT2D eigenvalue weighted by atomic mass is 10.2. The van der Waals surface area contributed by atoms with Crippen molar-refractivity contribution in [3.63, 3.8) is 0 Å². The van der Waals surface area contributed by atoms with E-state index in [-0.39, 0.29) is 0 Å². The van der Waals surface area contributed by atoms with Crippen LogP contribution in [0.5, 0.6) is 5.75 Å². The Morgan fingerprint density at radius 3 is 2.41 bits per heavy atom. The molecule has 0 aliphatic rings. The number of hydrogen-bond acceptors (Lipinski definition) is 2. The minimum atomic E-state index is -1.27. The Kier molecular flexibility index (Phi) is 4.99. The van der Waals surface area contributed by atoms with E-state index >= 15 is 0 Å². The third-order valence-corrected chi connectivity index (χ3v) is 2.93. The van der Waals surface area contributed by atoms with Gasteiger partial charge in [0.15, 0.2) is 0 Å². The highest BCUT2D eigenvalue weighted by atomic mass is 28.3. The monoisotopic (exact) mass is 245 g/mol. The maximum absolute atomic E-state index is 5.09. The van der Waals surface area contributed by atoms with Crippen LogP contribution < -0.4 is 4.74 Å². The molecule has 0 amide bonds. The molecule has 0 unspecified atom stereocenters. The molecule has 0 N–H and O–H groups in total. The zero-order valence-corrected chi connectivity index (χ0v) is 11.9. The summed E-state index contributed by atoms with van der Waals surface area (Å²) in [5.74, 6) is 3.89. The Morgan fingerprint density at radius 1 is 1.24 bits per heavy atom. The molecule has 0 fully saturated rings. The maximum Gasteiger partial charge on any atom is 0.129 e. The first-order valence-electron chi connectivity index (χ1n) is 5.65. The van der Waals surface area contributed by atoms with Gasteiger partial charge in [-0.1, -0.05) is 37.7 Å². The van der Waals surface area contributed by atoms with Gasteiger partial charge in [0.05, 0.1) is 19.9 Å². The van der Waals surface area contributed by atoms with E-state index in [1.54, 1.807) is 13.3 Å². The molecule has 1 rings (SSSR count). The third-order valence-electron chi connectivity index (χ3n) is 2.04. The summed E-state index contributed by atoms with van der Waals surface area (Å²) in [5, 5.41) is 0. The molecule has 90 valence electrons. The van der Waals surface area contributed by atoms with Crippen LogP contribution in [-0.2, 0) is 6.54 Å². The van der Waals surface area contributed by atoms with E-state index in [0.717, 1.165) is 11.3 Å². The van der Waals surface area contributed by atoms with E-state index in [4.69, 9.17) is 4.74 Å². The van der Waals surface area contributed by atoms with E-state index in [0.29, 0.717) is 6.54 Å². The summed E-state index contributed by atoms with van der Waals surface area (Å²) in [5.41, 5.74) is 4.41. The quantitative estimate of drug-likeness (QED) is 0.455. The predicted octanol–water partition coefficient (Wildman–Crippen LogP) is 3.15. The van der Waals surface area contributed by atoms with Crippen LogP contribution in [-0.4, -0.2) is 21.4 Å². The van der Waals surface area contributed by atoms with Crippen LogP contribution in [0.25, 0.3) is 0 Å². The molecule has 0 saturated heterocycles. The Bertz CT molecular complexity index is 432. The normalized spacial score (nSPS) is 11.1. The Hall–Kier alpha value is -1.53. The van der Waals surface area contributed by atoms with Crippen molar-refractivity contribution >= 4 is 14.3 Å². The molecule has 0 aliphatic heterocycles. The summed E-state index contributed by atoms with van der Waals surface area (Å²) in [6.45, 7) is 7.33. The number of rotatable bonds is 3. The second kappa shape index (κ2) is 6.26. The topological polar surface area (TPSA) is 21.6 Å². The van der Waals surface area contributed by atoms with Crippen molar-refractivity contribution in [2.45, 2.75) is 26.2 Å². The standard InChI is InChI=1S/C14H19NOSi/c1-16-14-8-6-13(7-9-14)12-15-10-5-11-17(2,3)4/h6-10H,12H2,1-4H3. The Labute approximate surface area is 105 Å². The Balaban J connectivity index is 2.49. The number of hydrogen-bond donors (Lipinski definition) is 0. The minimum Gasteiger partial charge on any atom is -0.497 e. The smallest absolute Gasteiger partial charge is 0.129 e. The second-order valence-electron chi connectivity index (χ2n) is 4.84. The predicted molar refractivity (Wildman–Crippen MR) is 76.3 cm³/mol. The van der Waals surface area contributed by atoms with Gasteiger partial charge in [0.2, 0.25) is 0 Å². The summed E-state index contributed by atoms with van der Waals surface area (Å²) >= 11 is 0. The van der Waals surface area contributed by atoms with E-state index < -0.39 is 8.07 Å². The molecule has 0 radical (unpaired) electrons. The van der Waals surface area contributed by atoms with E-state index in [1.165, 1.54) is 0 Å². The lowest BCUT2D eigenvalue weighted by Gasteiger charge is -2.02.